The Labute approximate surface area is 158 Å². The fraction of sp³-hybridized carbons (Fsp3) is 0.400. The second-order valence-electron chi connectivity index (χ2n) is 6.64. The molecule has 0 bridgehead atoms. The van der Waals surface area contributed by atoms with Crippen LogP contribution in [0.1, 0.15) is 27.9 Å². The van der Waals surface area contributed by atoms with E-state index in [4.69, 9.17) is 0 Å². The Morgan fingerprint density at radius 1 is 1.12 bits per heavy atom. The summed E-state index contributed by atoms with van der Waals surface area (Å²) in [6, 6.07) is 9.95. The number of hydrogen-bond acceptors (Lipinski definition) is 4. The van der Waals surface area contributed by atoms with Gasteiger partial charge >= 0.3 is 0 Å². The van der Waals surface area contributed by atoms with Crippen LogP contribution < -0.4 is 5.32 Å². The predicted molar refractivity (Wildman–Crippen MR) is 104 cm³/mol. The monoisotopic (exact) mass is 371 g/mol. The smallest absolute Gasteiger partial charge is 0.254 e. The first-order valence-corrected chi connectivity index (χ1v) is 9.93. The zero-order valence-corrected chi connectivity index (χ0v) is 15.9. The van der Waals surface area contributed by atoms with Crippen molar-refractivity contribution in [1.82, 2.24) is 15.1 Å². The van der Waals surface area contributed by atoms with Gasteiger partial charge in [-0.15, -0.1) is 0 Å². The number of carbonyl (C=O) groups excluding carboxylic acids is 2. The van der Waals surface area contributed by atoms with Gasteiger partial charge in [0.1, 0.15) is 0 Å². The first-order chi connectivity index (χ1) is 12.6. The van der Waals surface area contributed by atoms with Crippen LogP contribution in [0, 0.1) is 6.92 Å². The lowest BCUT2D eigenvalue weighted by molar-refractivity contribution is -0.122. The van der Waals surface area contributed by atoms with E-state index in [1.807, 2.05) is 39.9 Å². The van der Waals surface area contributed by atoms with Crippen LogP contribution in [0.5, 0.6) is 0 Å². The molecule has 0 saturated carbocycles. The second kappa shape index (κ2) is 8.96. The molecule has 1 aliphatic rings. The third-order valence-electron chi connectivity index (χ3n) is 4.75. The maximum absolute atomic E-state index is 12.5. The lowest BCUT2D eigenvalue weighted by Gasteiger charge is -2.21. The Hall–Kier alpha value is -2.18. The Morgan fingerprint density at radius 2 is 1.96 bits per heavy atom. The first kappa shape index (κ1) is 18.6. The number of benzene rings is 1. The number of rotatable bonds is 5. The summed E-state index contributed by atoms with van der Waals surface area (Å²) in [6.45, 7) is 5.97. The number of carbonyl (C=O) groups is 2. The fourth-order valence-corrected chi connectivity index (χ4v) is 3.79. The summed E-state index contributed by atoms with van der Waals surface area (Å²) >= 11 is 1.54. The van der Waals surface area contributed by atoms with E-state index in [0.717, 1.165) is 37.2 Å². The largest absolute Gasteiger partial charge is 0.351 e. The molecule has 2 aromatic rings. The molecule has 1 fully saturated rings. The maximum atomic E-state index is 12.5. The average Bonchev–Trinajstić information content (AvgIpc) is 3.08. The average molecular weight is 372 g/mol. The van der Waals surface area contributed by atoms with Gasteiger partial charge in [-0.1, -0.05) is 24.3 Å². The summed E-state index contributed by atoms with van der Waals surface area (Å²) in [6.07, 6.45) is 0.890. The molecule has 0 radical (unpaired) electrons. The molecule has 2 amide bonds. The lowest BCUT2D eigenvalue weighted by Crippen LogP contribution is -2.39. The van der Waals surface area contributed by atoms with Gasteiger partial charge in [-0.25, -0.2) is 0 Å². The third kappa shape index (κ3) is 4.93. The highest BCUT2D eigenvalue weighted by atomic mass is 32.1. The number of aryl methyl sites for hydroxylation is 1. The Balaban J connectivity index is 1.46. The van der Waals surface area contributed by atoms with Crippen LogP contribution in [0.15, 0.2) is 41.1 Å². The van der Waals surface area contributed by atoms with Crippen molar-refractivity contribution in [1.29, 1.82) is 0 Å². The van der Waals surface area contributed by atoms with Gasteiger partial charge in [-0.3, -0.25) is 14.5 Å². The number of nitrogens with one attached hydrogen (secondary N) is 1. The van der Waals surface area contributed by atoms with Gasteiger partial charge in [-0.05, 0) is 35.9 Å². The molecule has 5 nitrogen and oxygen atoms in total. The maximum Gasteiger partial charge on any atom is 0.254 e. The summed E-state index contributed by atoms with van der Waals surface area (Å²) < 4.78 is 0. The van der Waals surface area contributed by atoms with Crippen LogP contribution in [0.2, 0.25) is 0 Å². The molecule has 3 rings (SSSR count). The molecule has 1 aliphatic heterocycles. The van der Waals surface area contributed by atoms with Gasteiger partial charge in [0.2, 0.25) is 5.91 Å². The van der Waals surface area contributed by atoms with Crippen LogP contribution in [-0.4, -0.2) is 54.3 Å². The van der Waals surface area contributed by atoms with Crippen molar-refractivity contribution < 1.29 is 9.59 Å². The molecular weight excluding hydrogens is 346 g/mol. The standard InChI is InChI=1S/C20H25N3O2S/c1-16-5-2-3-6-17(16)13-21-19(24)14-22-8-4-9-23(11-10-22)20(25)18-7-12-26-15-18/h2-3,5-7,12,15H,4,8-11,13-14H2,1H3,(H,21,24). The number of thiophene rings is 1. The first-order valence-electron chi connectivity index (χ1n) is 8.98. The molecule has 0 aliphatic carbocycles. The highest BCUT2D eigenvalue weighted by Crippen LogP contribution is 2.12. The minimum Gasteiger partial charge on any atom is -0.351 e. The van der Waals surface area contributed by atoms with E-state index in [2.05, 4.69) is 23.2 Å². The van der Waals surface area contributed by atoms with Crippen LogP contribution >= 0.6 is 11.3 Å². The molecule has 1 aromatic heterocycles. The van der Waals surface area contributed by atoms with Gasteiger partial charge < -0.3 is 10.2 Å². The van der Waals surface area contributed by atoms with E-state index in [-0.39, 0.29) is 11.8 Å². The summed E-state index contributed by atoms with van der Waals surface area (Å²) in [4.78, 5) is 28.8. The number of nitrogens with zero attached hydrogens (tertiary/aromatic N) is 2. The molecule has 0 spiro atoms. The predicted octanol–water partition coefficient (Wildman–Crippen LogP) is 2.52. The van der Waals surface area contributed by atoms with Crippen molar-refractivity contribution in [2.75, 3.05) is 32.7 Å². The molecule has 138 valence electrons. The Kier molecular flexibility index (Phi) is 6.41. The fourth-order valence-electron chi connectivity index (χ4n) is 3.16. The van der Waals surface area contributed by atoms with Crippen molar-refractivity contribution in [3.63, 3.8) is 0 Å². The number of hydrogen-bond donors (Lipinski definition) is 1. The summed E-state index contributed by atoms with van der Waals surface area (Å²) in [5.74, 6) is 0.128. The van der Waals surface area contributed by atoms with Crippen LogP contribution in [0.4, 0.5) is 0 Å². The van der Waals surface area contributed by atoms with E-state index >= 15 is 0 Å². The van der Waals surface area contributed by atoms with Gasteiger partial charge in [0, 0.05) is 38.1 Å². The van der Waals surface area contributed by atoms with Crippen molar-refractivity contribution in [2.45, 2.75) is 19.9 Å². The van der Waals surface area contributed by atoms with Gasteiger partial charge in [0.15, 0.2) is 0 Å². The van der Waals surface area contributed by atoms with Crippen molar-refractivity contribution in [3.05, 3.63) is 57.8 Å². The second-order valence-corrected chi connectivity index (χ2v) is 7.42. The highest BCUT2D eigenvalue weighted by molar-refractivity contribution is 7.08. The Morgan fingerprint density at radius 3 is 2.73 bits per heavy atom. The normalized spacial score (nSPS) is 15.5. The van der Waals surface area contributed by atoms with Crippen molar-refractivity contribution in [2.24, 2.45) is 0 Å². The molecule has 0 atom stereocenters. The van der Waals surface area contributed by atoms with Crippen molar-refractivity contribution in [3.8, 4) is 0 Å². The summed E-state index contributed by atoms with van der Waals surface area (Å²) in [7, 11) is 0. The van der Waals surface area contributed by atoms with E-state index < -0.39 is 0 Å². The zero-order valence-electron chi connectivity index (χ0n) is 15.1. The van der Waals surface area contributed by atoms with Crippen LogP contribution in [0.25, 0.3) is 0 Å². The zero-order chi connectivity index (χ0) is 18.4. The van der Waals surface area contributed by atoms with Crippen LogP contribution in [-0.2, 0) is 11.3 Å². The molecule has 1 N–H and O–H groups in total. The summed E-state index contributed by atoms with van der Waals surface area (Å²) in [5.41, 5.74) is 3.09. The quantitative estimate of drug-likeness (QED) is 0.879. The van der Waals surface area contributed by atoms with Crippen LogP contribution in [0.3, 0.4) is 0 Å². The molecule has 1 saturated heterocycles. The van der Waals surface area contributed by atoms with Gasteiger partial charge in [-0.2, -0.15) is 11.3 Å². The summed E-state index contributed by atoms with van der Waals surface area (Å²) in [5, 5.41) is 6.82. The highest BCUT2D eigenvalue weighted by Gasteiger charge is 2.21. The van der Waals surface area contributed by atoms with E-state index in [9.17, 15) is 9.59 Å². The SMILES string of the molecule is Cc1ccccc1CNC(=O)CN1CCCN(C(=O)c2ccsc2)CC1. The van der Waals surface area contributed by atoms with E-state index in [1.54, 1.807) is 0 Å². The molecule has 26 heavy (non-hydrogen) atoms. The lowest BCUT2D eigenvalue weighted by atomic mass is 10.1. The minimum atomic E-state index is 0.0332. The molecule has 0 unspecified atom stereocenters. The molecule has 1 aromatic carbocycles. The topological polar surface area (TPSA) is 52.7 Å². The van der Waals surface area contributed by atoms with E-state index in [0.29, 0.717) is 19.6 Å². The molecular formula is C20H25N3O2S. The van der Waals surface area contributed by atoms with E-state index in [1.165, 1.54) is 16.9 Å². The van der Waals surface area contributed by atoms with Gasteiger partial charge in [0.25, 0.3) is 5.91 Å². The molecule has 6 heteroatoms. The Bertz CT molecular complexity index is 745. The minimum absolute atomic E-state index is 0.0332. The van der Waals surface area contributed by atoms with Crippen molar-refractivity contribution >= 4 is 23.2 Å². The number of amides is 2. The van der Waals surface area contributed by atoms with Gasteiger partial charge in [0.05, 0.1) is 12.1 Å². The molecule has 2 heterocycles. The third-order valence-corrected chi connectivity index (χ3v) is 5.43.